The molecule has 0 aromatic carbocycles. The monoisotopic (exact) mass is 300 g/mol. The highest BCUT2D eigenvalue weighted by molar-refractivity contribution is 5.92. The molecule has 2 aromatic heterocycles. The van der Waals surface area contributed by atoms with Crippen LogP contribution in [0.1, 0.15) is 48.8 Å². The fraction of sp³-hybridized carbons (Fsp3) is 0.375. The van der Waals surface area contributed by atoms with Crippen molar-refractivity contribution in [3.63, 3.8) is 0 Å². The summed E-state index contributed by atoms with van der Waals surface area (Å²) in [5, 5.41) is 6.99. The summed E-state index contributed by atoms with van der Waals surface area (Å²) in [4.78, 5) is 28.0. The van der Waals surface area contributed by atoms with Gasteiger partial charge in [-0.15, -0.1) is 0 Å². The van der Waals surface area contributed by atoms with Crippen LogP contribution in [-0.4, -0.2) is 20.7 Å². The quantitative estimate of drug-likeness (QED) is 0.884. The van der Waals surface area contributed by atoms with Gasteiger partial charge in [0.25, 0.3) is 11.5 Å². The zero-order chi connectivity index (χ0) is 15.9. The Morgan fingerprint density at radius 1 is 1.36 bits per heavy atom. The second kappa shape index (κ2) is 7.49. The number of rotatable bonds is 6. The van der Waals surface area contributed by atoms with Crippen LogP contribution >= 0.6 is 0 Å². The van der Waals surface area contributed by atoms with Crippen LogP contribution in [0.4, 0.5) is 0 Å². The van der Waals surface area contributed by atoms with E-state index in [2.05, 4.69) is 15.4 Å². The van der Waals surface area contributed by atoms with Gasteiger partial charge in [-0.3, -0.25) is 14.6 Å². The highest BCUT2D eigenvalue weighted by atomic mass is 16.2. The maximum atomic E-state index is 12.3. The van der Waals surface area contributed by atoms with Crippen molar-refractivity contribution in [2.75, 3.05) is 0 Å². The van der Waals surface area contributed by atoms with Gasteiger partial charge in [0, 0.05) is 25.0 Å². The van der Waals surface area contributed by atoms with Crippen molar-refractivity contribution in [3.8, 4) is 0 Å². The molecule has 0 saturated heterocycles. The summed E-state index contributed by atoms with van der Waals surface area (Å²) < 4.78 is 1.34. The summed E-state index contributed by atoms with van der Waals surface area (Å²) in [5.74, 6) is -0.304. The first-order valence-electron chi connectivity index (χ1n) is 7.40. The normalized spacial score (nSPS) is 11.9. The minimum atomic E-state index is -0.304. The smallest absolute Gasteiger partial charge is 0.272 e. The summed E-state index contributed by atoms with van der Waals surface area (Å²) in [6.45, 7) is 4.44. The lowest BCUT2D eigenvalue weighted by Crippen LogP contribution is -2.31. The van der Waals surface area contributed by atoms with E-state index in [-0.39, 0.29) is 23.2 Å². The lowest BCUT2D eigenvalue weighted by Gasteiger charge is -2.14. The summed E-state index contributed by atoms with van der Waals surface area (Å²) in [7, 11) is 0. The molecule has 116 valence electrons. The van der Waals surface area contributed by atoms with Gasteiger partial charge in [-0.05, 0) is 31.0 Å². The van der Waals surface area contributed by atoms with Crippen LogP contribution < -0.4 is 10.9 Å². The molecule has 2 aromatic rings. The van der Waals surface area contributed by atoms with Crippen LogP contribution in [-0.2, 0) is 6.54 Å². The fourth-order valence-electron chi connectivity index (χ4n) is 2.02. The molecular formula is C16H20N4O2. The van der Waals surface area contributed by atoms with Gasteiger partial charge in [0.05, 0.1) is 6.04 Å². The molecule has 0 fully saturated rings. The molecule has 6 heteroatoms. The first-order chi connectivity index (χ1) is 10.6. The third-order valence-corrected chi connectivity index (χ3v) is 3.35. The van der Waals surface area contributed by atoms with Crippen LogP contribution in [0.5, 0.6) is 0 Å². The van der Waals surface area contributed by atoms with Gasteiger partial charge in [-0.2, -0.15) is 5.10 Å². The number of nitrogens with one attached hydrogen (secondary N) is 1. The van der Waals surface area contributed by atoms with Gasteiger partial charge in [-0.1, -0.05) is 19.4 Å². The van der Waals surface area contributed by atoms with Crippen molar-refractivity contribution in [2.24, 2.45) is 0 Å². The summed E-state index contributed by atoms with van der Waals surface area (Å²) in [6, 6.07) is 6.37. The Labute approximate surface area is 129 Å². The van der Waals surface area contributed by atoms with E-state index in [1.807, 2.05) is 26.0 Å². The highest BCUT2D eigenvalue weighted by Gasteiger charge is 2.13. The van der Waals surface area contributed by atoms with Gasteiger partial charge in [-0.25, -0.2) is 4.68 Å². The molecule has 0 saturated carbocycles. The lowest BCUT2D eigenvalue weighted by atomic mass is 10.1. The molecule has 0 bridgehead atoms. The summed E-state index contributed by atoms with van der Waals surface area (Å²) >= 11 is 0. The van der Waals surface area contributed by atoms with E-state index >= 15 is 0 Å². The number of aromatic nitrogens is 3. The molecule has 2 heterocycles. The zero-order valence-electron chi connectivity index (χ0n) is 12.8. The SMILES string of the molecule is CCCCn1nc(C(=O)NC(C)c2cccnc2)ccc1=O. The highest BCUT2D eigenvalue weighted by Crippen LogP contribution is 2.10. The summed E-state index contributed by atoms with van der Waals surface area (Å²) in [5.41, 5.74) is 0.965. The Hall–Kier alpha value is -2.50. The maximum absolute atomic E-state index is 12.3. The number of unbranched alkanes of at least 4 members (excludes halogenated alkanes) is 1. The minimum Gasteiger partial charge on any atom is -0.344 e. The van der Waals surface area contributed by atoms with Crippen LogP contribution in [0.15, 0.2) is 41.5 Å². The van der Waals surface area contributed by atoms with E-state index in [0.717, 1.165) is 18.4 Å². The molecular weight excluding hydrogens is 280 g/mol. The van der Waals surface area contributed by atoms with E-state index in [9.17, 15) is 9.59 Å². The van der Waals surface area contributed by atoms with E-state index < -0.39 is 0 Å². The Morgan fingerprint density at radius 2 is 2.18 bits per heavy atom. The number of pyridine rings is 1. The van der Waals surface area contributed by atoms with Gasteiger partial charge < -0.3 is 5.32 Å². The third kappa shape index (κ3) is 4.00. The van der Waals surface area contributed by atoms with Gasteiger partial charge in [0.1, 0.15) is 5.69 Å². The van der Waals surface area contributed by atoms with Crippen molar-refractivity contribution in [1.82, 2.24) is 20.1 Å². The van der Waals surface area contributed by atoms with Crippen molar-refractivity contribution in [2.45, 2.75) is 39.3 Å². The third-order valence-electron chi connectivity index (χ3n) is 3.35. The number of aryl methyl sites for hydroxylation is 1. The first-order valence-corrected chi connectivity index (χ1v) is 7.40. The Bertz CT molecular complexity index is 682. The van der Waals surface area contributed by atoms with E-state index in [4.69, 9.17) is 0 Å². The molecule has 6 nitrogen and oxygen atoms in total. The predicted molar refractivity (Wildman–Crippen MR) is 83.5 cm³/mol. The Kier molecular flexibility index (Phi) is 5.41. The number of carbonyl (C=O) groups is 1. The molecule has 0 radical (unpaired) electrons. The van der Waals surface area contributed by atoms with Crippen LogP contribution in [0.2, 0.25) is 0 Å². The van der Waals surface area contributed by atoms with Gasteiger partial charge in [0.2, 0.25) is 0 Å². The largest absolute Gasteiger partial charge is 0.344 e. The molecule has 1 N–H and O–H groups in total. The number of hydrogen-bond acceptors (Lipinski definition) is 4. The molecule has 0 aliphatic carbocycles. The van der Waals surface area contributed by atoms with Gasteiger partial charge >= 0.3 is 0 Å². The zero-order valence-corrected chi connectivity index (χ0v) is 12.8. The topological polar surface area (TPSA) is 76.9 Å². The number of carbonyl (C=O) groups excluding carboxylic acids is 1. The van der Waals surface area contributed by atoms with Crippen LogP contribution in [0.25, 0.3) is 0 Å². The van der Waals surface area contributed by atoms with Crippen LogP contribution in [0.3, 0.4) is 0 Å². The molecule has 0 spiro atoms. The number of nitrogens with zero attached hydrogens (tertiary/aromatic N) is 3. The van der Waals surface area contributed by atoms with Crippen molar-refractivity contribution >= 4 is 5.91 Å². The molecule has 0 aliphatic rings. The average molecular weight is 300 g/mol. The molecule has 1 amide bonds. The molecule has 1 atom stereocenters. The lowest BCUT2D eigenvalue weighted by molar-refractivity contribution is 0.0932. The van der Waals surface area contributed by atoms with E-state index in [1.165, 1.54) is 16.8 Å². The average Bonchev–Trinajstić information content (AvgIpc) is 2.54. The second-order valence-electron chi connectivity index (χ2n) is 5.12. The standard InChI is InChI=1S/C16H20N4O2/c1-3-4-10-20-15(21)8-7-14(19-20)16(22)18-12(2)13-6-5-9-17-11-13/h5-9,11-12H,3-4,10H2,1-2H3,(H,18,22). The minimum absolute atomic E-state index is 0.181. The first kappa shape index (κ1) is 15.9. The van der Waals surface area contributed by atoms with E-state index in [0.29, 0.717) is 6.54 Å². The Morgan fingerprint density at radius 3 is 2.86 bits per heavy atom. The van der Waals surface area contributed by atoms with E-state index in [1.54, 1.807) is 12.4 Å². The number of amides is 1. The molecule has 2 rings (SSSR count). The summed E-state index contributed by atoms with van der Waals surface area (Å²) in [6.07, 6.45) is 5.20. The second-order valence-corrected chi connectivity index (χ2v) is 5.12. The number of hydrogen-bond donors (Lipinski definition) is 1. The predicted octanol–water partition coefficient (Wildman–Crippen LogP) is 1.93. The van der Waals surface area contributed by atoms with Crippen molar-refractivity contribution in [3.05, 3.63) is 58.3 Å². The van der Waals surface area contributed by atoms with Crippen molar-refractivity contribution in [1.29, 1.82) is 0 Å². The maximum Gasteiger partial charge on any atom is 0.272 e. The molecule has 1 unspecified atom stereocenters. The molecule has 0 aliphatic heterocycles. The van der Waals surface area contributed by atoms with Gasteiger partial charge in [0.15, 0.2) is 0 Å². The van der Waals surface area contributed by atoms with Crippen molar-refractivity contribution < 1.29 is 4.79 Å². The fourth-order valence-corrected chi connectivity index (χ4v) is 2.02. The Balaban J connectivity index is 2.11. The van der Waals surface area contributed by atoms with Crippen LogP contribution in [0, 0.1) is 0 Å². The molecule has 22 heavy (non-hydrogen) atoms.